The molecule has 0 aromatic heterocycles. The van der Waals surface area contributed by atoms with Gasteiger partial charge in [-0.25, -0.2) is 0 Å². The zero-order valence-corrected chi connectivity index (χ0v) is 7.48. The Hall–Kier alpha value is -0.0800. The third kappa shape index (κ3) is 4.77. The maximum Gasteiger partial charge on any atom is 0.0546 e. The van der Waals surface area contributed by atoms with Gasteiger partial charge >= 0.3 is 0 Å². The number of hydrogen-bond acceptors (Lipinski definition) is 2. The fourth-order valence-corrected chi connectivity index (χ4v) is 1.09. The van der Waals surface area contributed by atoms with Crippen LogP contribution in [0.15, 0.2) is 0 Å². The summed E-state index contributed by atoms with van der Waals surface area (Å²) in [4.78, 5) is 0. The van der Waals surface area contributed by atoms with Crippen molar-refractivity contribution in [3.63, 3.8) is 0 Å². The Morgan fingerprint density at radius 2 is 2.00 bits per heavy atom. The van der Waals surface area contributed by atoms with E-state index in [1.165, 1.54) is 0 Å². The highest BCUT2D eigenvalue weighted by atomic mass is 16.5. The molecule has 2 nitrogen and oxygen atoms in total. The highest BCUT2D eigenvalue weighted by Crippen LogP contribution is 2.05. The molecule has 0 aromatic carbocycles. The first-order valence-corrected chi connectivity index (χ1v) is 3.88. The molecule has 62 valence electrons. The minimum Gasteiger partial charge on any atom is -0.382 e. The van der Waals surface area contributed by atoms with E-state index in [1.54, 1.807) is 7.11 Å². The lowest BCUT2D eigenvalue weighted by Crippen LogP contribution is -2.20. The van der Waals surface area contributed by atoms with E-state index < -0.39 is 0 Å². The van der Waals surface area contributed by atoms with Gasteiger partial charge in [0.1, 0.15) is 0 Å². The first kappa shape index (κ1) is 9.92. The summed E-state index contributed by atoms with van der Waals surface area (Å²) in [7, 11) is 3.74. The monoisotopic (exact) mass is 145 g/mol. The van der Waals surface area contributed by atoms with Gasteiger partial charge in [0, 0.05) is 7.11 Å². The Morgan fingerprint density at radius 3 is 2.40 bits per heavy atom. The average Bonchev–Trinajstić information content (AvgIpc) is 1.88. The van der Waals surface area contributed by atoms with E-state index >= 15 is 0 Å². The summed E-state index contributed by atoms with van der Waals surface area (Å²) in [6.45, 7) is 5.41. The second-order valence-corrected chi connectivity index (χ2v) is 2.94. The highest BCUT2D eigenvalue weighted by molar-refractivity contribution is 4.59. The normalized spacial score (nSPS) is 16.8. The van der Waals surface area contributed by atoms with E-state index in [0.717, 1.165) is 13.0 Å². The van der Waals surface area contributed by atoms with Crippen LogP contribution in [0.2, 0.25) is 0 Å². The molecule has 1 N–H and O–H groups in total. The van der Waals surface area contributed by atoms with Crippen molar-refractivity contribution in [3.05, 3.63) is 0 Å². The zero-order chi connectivity index (χ0) is 7.98. The molecule has 0 rings (SSSR count). The molecule has 0 radical (unpaired) electrons. The minimum absolute atomic E-state index is 0.392. The molecule has 0 aliphatic heterocycles. The molecule has 0 heterocycles. The van der Waals surface area contributed by atoms with E-state index in [4.69, 9.17) is 4.74 Å². The van der Waals surface area contributed by atoms with Crippen LogP contribution in [-0.4, -0.2) is 26.8 Å². The Kier molecular flexibility index (Phi) is 5.64. The summed E-state index contributed by atoms with van der Waals surface area (Å²) < 4.78 is 5.14. The Bertz CT molecular complexity index is 75.7. The maximum absolute atomic E-state index is 5.14. The number of methoxy groups -OCH3 is 1. The largest absolute Gasteiger partial charge is 0.382 e. The fraction of sp³-hybridized carbons (Fsp3) is 1.00. The standard InChI is InChI=1S/C8H19NO/c1-7(6-9-3)5-8(2)10-4/h7-9H,5-6H2,1-4H3. The summed E-state index contributed by atoms with van der Waals surface area (Å²) in [6.07, 6.45) is 1.53. The molecule has 0 amide bonds. The van der Waals surface area contributed by atoms with Crippen molar-refractivity contribution >= 4 is 0 Å². The number of nitrogens with one attached hydrogen (secondary N) is 1. The van der Waals surface area contributed by atoms with E-state index in [0.29, 0.717) is 12.0 Å². The number of hydrogen-bond donors (Lipinski definition) is 1. The third-order valence-corrected chi connectivity index (χ3v) is 1.69. The van der Waals surface area contributed by atoms with Gasteiger partial charge < -0.3 is 10.1 Å². The predicted octanol–water partition coefficient (Wildman–Crippen LogP) is 1.27. The molecule has 0 aliphatic carbocycles. The van der Waals surface area contributed by atoms with Gasteiger partial charge in [-0.1, -0.05) is 6.92 Å². The van der Waals surface area contributed by atoms with Gasteiger partial charge in [0.15, 0.2) is 0 Å². The van der Waals surface area contributed by atoms with Crippen molar-refractivity contribution in [1.29, 1.82) is 0 Å². The van der Waals surface area contributed by atoms with Crippen LogP contribution in [0.4, 0.5) is 0 Å². The summed E-state index contributed by atoms with van der Waals surface area (Å²) >= 11 is 0. The molecular weight excluding hydrogens is 126 g/mol. The van der Waals surface area contributed by atoms with E-state index in [9.17, 15) is 0 Å². The van der Waals surface area contributed by atoms with Gasteiger partial charge in [0.05, 0.1) is 6.10 Å². The molecule has 0 aliphatic rings. The Balaban J connectivity index is 3.27. The van der Waals surface area contributed by atoms with Crippen molar-refractivity contribution in [2.45, 2.75) is 26.4 Å². The van der Waals surface area contributed by atoms with Crippen LogP contribution in [0, 0.1) is 5.92 Å². The molecular formula is C8H19NO. The van der Waals surface area contributed by atoms with Gasteiger partial charge in [-0.2, -0.15) is 0 Å². The second-order valence-electron chi connectivity index (χ2n) is 2.94. The number of ether oxygens (including phenoxy) is 1. The summed E-state index contributed by atoms with van der Waals surface area (Å²) in [5, 5.41) is 3.14. The molecule has 2 unspecified atom stereocenters. The smallest absolute Gasteiger partial charge is 0.0546 e. The molecule has 10 heavy (non-hydrogen) atoms. The average molecular weight is 145 g/mol. The lowest BCUT2D eigenvalue weighted by atomic mass is 10.1. The first-order chi connectivity index (χ1) is 4.70. The van der Waals surface area contributed by atoms with Crippen molar-refractivity contribution < 1.29 is 4.74 Å². The molecule has 0 spiro atoms. The molecule has 0 saturated heterocycles. The number of rotatable bonds is 5. The van der Waals surface area contributed by atoms with Crippen LogP contribution >= 0.6 is 0 Å². The minimum atomic E-state index is 0.392. The molecule has 0 saturated carbocycles. The maximum atomic E-state index is 5.14. The third-order valence-electron chi connectivity index (χ3n) is 1.69. The topological polar surface area (TPSA) is 21.3 Å². The quantitative estimate of drug-likeness (QED) is 0.629. The van der Waals surface area contributed by atoms with Crippen LogP contribution in [0.1, 0.15) is 20.3 Å². The molecule has 2 atom stereocenters. The predicted molar refractivity (Wildman–Crippen MR) is 44.2 cm³/mol. The fourth-order valence-electron chi connectivity index (χ4n) is 1.09. The van der Waals surface area contributed by atoms with Crippen molar-refractivity contribution in [2.75, 3.05) is 20.7 Å². The van der Waals surface area contributed by atoms with E-state index in [1.807, 2.05) is 7.05 Å². The van der Waals surface area contributed by atoms with Gasteiger partial charge in [0.25, 0.3) is 0 Å². The zero-order valence-electron chi connectivity index (χ0n) is 7.48. The Labute approximate surface area is 64.0 Å². The summed E-state index contributed by atoms with van der Waals surface area (Å²) in [6, 6.07) is 0. The first-order valence-electron chi connectivity index (χ1n) is 3.88. The molecule has 0 bridgehead atoms. The van der Waals surface area contributed by atoms with Gasteiger partial charge in [0.2, 0.25) is 0 Å². The van der Waals surface area contributed by atoms with Crippen LogP contribution in [0.25, 0.3) is 0 Å². The highest BCUT2D eigenvalue weighted by Gasteiger charge is 2.05. The van der Waals surface area contributed by atoms with Crippen LogP contribution in [0.5, 0.6) is 0 Å². The summed E-state index contributed by atoms with van der Waals surface area (Å²) in [5.41, 5.74) is 0. The Morgan fingerprint density at radius 1 is 1.40 bits per heavy atom. The van der Waals surface area contributed by atoms with Gasteiger partial charge in [-0.05, 0) is 32.9 Å². The van der Waals surface area contributed by atoms with Gasteiger partial charge in [-0.15, -0.1) is 0 Å². The second kappa shape index (κ2) is 5.69. The lowest BCUT2D eigenvalue weighted by molar-refractivity contribution is 0.0975. The van der Waals surface area contributed by atoms with Crippen LogP contribution in [-0.2, 0) is 4.74 Å². The molecule has 2 heteroatoms. The van der Waals surface area contributed by atoms with E-state index in [2.05, 4.69) is 19.2 Å². The van der Waals surface area contributed by atoms with E-state index in [-0.39, 0.29) is 0 Å². The van der Waals surface area contributed by atoms with Crippen molar-refractivity contribution in [3.8, 4) is 0 Å². The van der Waals surface area contributed by atoms with Crippen LogP contribution < -0.4 is 5.32 Å². The lowest BCUT2D eigenvalue weighted by Gasteiger charge is -2.14. The van der Waals surface area contributed by atoms with Crippen LogP contribution in [0.3, 0.4) is 0 Å². The summed E-state index contributed by atoms with van der Waals surface area (Å²) in [5.74, 6) is 0.708. The SMILES string of the molecule is CNCC(C)CC(C)OC. The van der Waals surface area contributed by atoms with Crippen molar-refractivity contribution in [1.82, 2.24) is 5.32 Å². The molecule has 0 fully saturated rings. The van der Waals surface area contributed by atoms with Crippen molar-refractivity contribution in [2.24, 2.45) is 5.92 Å². The molecule has 0 aromatic rings. The van der Waals surface area contributed by atoms with Gasteiger partial charge in [-0.3, -0.25) is 0 Å².